The lowest BCUT2D eigenvalue weighted by molar-refractivity contribution is -0.117. The van der Waals surface area contributed by atoms with Crippen molar-refractivity contribution in [3.05, 3.63) is 80.6 Å². The third kappa shape index (κ3) is 4.19. The summed E-state index contributed by atoms with van der Waals surface area (Å²) < 4.78 is 1.21. The van der Waals surface area contributed by atoms with Gasteiger partial charge in [-0.1, -0.05) is 23.8 Å². The van der Waals surface area contributed by atoms with Crippen molar-refractivity contribution in [2.75, 3.05) is 5.32 Å². The lowest BCUT2D eigenvalue weighted by Crippen LogP contribution is -2.29. The van der Waals surface area contributed by atoms with Gasteiger partial charge in [0.15, 0.2) is 0 Å². The Hall–Kier alpha value is -3.21. The highest BCUT2D eigenvalue weighted by atomic mass is 16.2. The number of anilines is 1. The van der Waals surface area contributed by atoms with Crippen LogP contribution >= 0.6 is 0 Å². The molecule has 144 valence electrons. The minimum absolute atomic E-state index is 0.135. The van der Waals surface area contributed by atoms with E-state index >= 15 is 0 Å². The van der Waals surface area contributed by atoms with E-state index in [0.717, 1.165) is 33.5 Å². The molecule has 28 heavy (non-hydrogen) atoms. The number of nitrogens with zero attached hydrogens (tertiary/aromatic N) is 2. The van der Waals surface area contributed by atoms with Gasteiger partial charge in [-0.15, -0.1) is 0 Å². The van der Waals surface area contributed by atoms with Gasteiger partial charge in [0.2, 0.25) is 5.91 Å². The molecule has 5 nitrogen and oxygen atoms in total. The number of carbonyl (C=O) groups is 1. The average Bonchev–Trinajstić information content (AvgIpc) is 2.62. The van der Waals surface area contributed by atoms with Gasteiger partial charge in [0.1, 0.15) is 6.54 Å². The molecule has 3 aromatic rings. The summed E-state index contributed by atoms with van der Waals surface area (Å²) in [7, 11) is 0. The predicted molar refractivity (Wildman–Crippen MR) is 113 cm³/mol. The van der Waals surface area contributed by atoms with Gasteiger partial charge in [-0.2, -0.15) is 5.10 Å². The molecule has 0 bridgehead atoms. The van der Waals surface area contributed by atoms with Crippen molar-refractivity contribution >= 4 is 11.6 Å². The van der Waals surface area contributed by atoms with Crippen LogP contribution < -0.4 is 10.9 Å². The van der Waals surface area contributed by atoms with Crippen LogP contribution in [-0.4, -0.2) is 15.7 Å². The third-order valence-electron chi connectivity index (χ3n) is 4.93. The second-order valence-corrected chi connectivity index (χ2v) is 7.33. The molecule has 0 aliphatic heterocycles. The molecule has 0 atom stereocenters. The molecule has 3 rings (SSSR count). The normalized spacial score (nSPS) is 10.8. The number of amides is 1. The van der Waals surface area contributed by atoms with Gasteiger partial charge in [-0.05, 0) is 75.1 Å². The highest BCUT2D eigenvalue weighted by Gasteiger charge is 2.11. The standard InChI is InChI=1S/C23H25N3O2/c1-14-6-7-20(18(5)10-14)24-22(27)13-26-23(28)9-8-21(25-26)19-12-16(3)15(2)11-17(19)4/h6-12H,13H2,1-5H3,(H,24,27). The molecular formula is C23H25N3O2. The summed E-state index contributed by atoms with van der Waals surface area (Å²) >= 11 is 0. The maximum atomic E-state index is 12.5. The fourth-order valence-electron chi connectivity index (χ4n) is 3.22. The van der Waals surface area contributed by atoms with Crippen LogP contribution in [0.5, 0.6) is 0 Å². The van der Waals surface area contributed by atoms with E-state index in [1.54, 1.807) is 6.07 Å². The summed E-state index contributed by atoms with van der Waals surface area (Å²) in [5, 5.41) is 7.30. The van der Waals surface area contributed by atoms with E-state index in [4.69, 9.17) is 0 Å². The SMILES string of the molecule is Cc1ccc(NC(=O)Cn2nc(-c3cc(C)c(C)cc3C)ccc2=O)c(C)c1. The molecule has 0 aliphatic rings. The van der Waals surface area contributed by atoms with Gasteiger partial charge in [-0.3, -0.25) is 9.59 Å². The van der Waals surface area contributed by atoms with E-state index < -0.39 is 0 Å². The quantitative estimate of drug-likeness (QED) is 0.747. The largest absolute Gasteiger partial charge is 0.324 e. The molecule has 2 aromatic carbocycles. The molecular weight excluding hydrogens is 350 g/mol. The van der Waals surface area contributed by atoms with E-state index in [1.807, 2.05) is 45.9 Å². The fraction of sp³-hybridized carbons (Fsp3) is 0.261. The zero-order chi connectivity index (χ0) is 20.4. The first-order chi connectivity index (χ1) is 13.2. The van der Waals surface area contributed by atoms with E-state index in [2.05, 4.69) is 29.5 Å². The number of aryl methyl sites for hydroxylation is 5. The van der Waals surface area contributed by atoms with Gasteiger partial charge < -0.3 is 5.32 Å². The summed E-state index contributed by atoms with van der Waals surface area (Å²) in [5.41, 5.74) is 7.64. The third-order valence-corrected chi connectivity index (χ3v) is 4.93. The molecule has 1 aromatic heterocycles. The minimum atomic E-state index is -0.305. The van der Waals surface area contributed by atoms with Crippen molar-refractivity contribution in [1.82, 2.24) is 9.78 Å². The van der Waals surface area contributed by atoms with Crippen molar-refractivity contribution < 1.29 is 4.79 Å². The predicted octanol–water partition coefficient (Wildman–Crippen LogP) is 4.09. The lowest BCUT2D eigenvalue weighted by atomic mass is 9.99. The van der Waals surface area contributed by atoms with Crippen LogP contribution in [0, 0.1) is 34.6 Å². The van der Waals surface area contributed by atoms with Crippen molar-refractivity contribution in [3.8, 4) is 11.3 Å². The topological polar surface area (TPSA) is 64.0 Å². The summed E-state index contributed by atoms with van der Waals surface area (Å²) in [5.74, 6) is -0.282. The molecule has 0 spiro atoms. The zero-order valence-electron chi connectivity index (χ0n) is 17.0. The number of aromatic nitrogens is 2. The second kappa shape index (κ2) is 7.80. The Bertz CT molecular complexity index is 1110. The first-order valence-electron chi connectivity index (χ1n) is 9.28. The lowest BCUT2D eigenvalue weighted by Gasteiger charge is -2.12. The molecule has 0 saturated heterocycles. The zero-order valence-corrected chi connectivity index (χ0v) is 17.0. The van der Waals surface area contributed by atoms with E-state index in [9.17, 15) is 9.59 Å². The number of nitrogens with one attached hydrogen (secondary N) is 1. The molecule has 0 saturated carbocycles. The van der Waals surface area contributed by atoms with Crippen LogP contribution in [0.3, 0.4) is 0 Å². The molecule has 0 unspecified atom stereocenters. The Kier molecular flexibility index (Phi) is 5.45. The van der Waals surface area contributed by atoms with Crippen molar-refractivity contribution in [2.45, 2.75) is 41.2 Å². The summed E-state index contributed by atoms with van der Waals surface area (Å²) in [6.07, 6.45) is 0. The Morgan fingerprint density at radius 3 is 2.32 bits per heavy atom. The smallest absolute Gasteiger partial charge is 0.267 e. The van der Waals surface area contributed by atoms with Gasteiger partial charge in [0, 0.05) is 17.3 Å². The first kappa shape index (κ1) is 19.5. The van der Waals surface area contributed by atoms with Crippen molar-refractivity contribution in [3.63, 3.8) is 0 Å². The van der Waals surface area contributed by atoms with Gasteiger partial charge in [0.25, 0.3) is 5.56 Å². The highest BCUT2D eigenvalue weighted by molar-refractivity contribution is 5.91. The number of hydrogen-bond donors (Lipinski definition) is 1. The van der Waals surface area contributed by atoms with Crippen LogP contribution in [-0.2, 0) is 11.3 Å². The highest BCUT2D eigenvalue weighted by Crippen LogP contribution is 2.24. The van der Waals surface area contributed by atoms with Crippen molar-refractivity contribution in [1.29, 1.82) is 0 Å². The van der Waals surface area contributed by atoms with Crippen LogP contribution in [0.2, 0.25) is 0 Å². The van der Waals surface area contributed by atoms with E-state index in [0.29, 0.717) is 5.69 Å². The Morgan fingerprint density at radius 1 is 0.893 bits per heavy atom. The molecule has 5 heteroatoms. The van der Waals surface area contributed by atoms with E-state index in [-0.39, 0.29) is 18.0 Å². The number of rotatable bonds is 4. The minimum Gasteiger partial charge on any atom is -0.324 e. The fourth-order valence-corrected chi connectivity index (χ4v) is 3.22. The Balaban J connectivity index is 1.87. The molecule has 1 amide bonds. The number of benzene rings is 2. The average molecular weight is 375 g/mol. The van der Waals surface area contributed by atoms with Gasteiger partial charge >= 0.3 is 0 Å². The molecule has 0 aliphatic carbocycles. The van der Waals surface area contributed by atoms with Crippen molar-refractivity contribution in [2.24, 2.45) is 0 Å². The molecule has 0 fully saturated rings. The van der Waals surface area contributed by atoms with Crippen LogP contribution in [0.25, 0.3) is 11.3 Å². The maximum Gasteiger partial charge on any atom is 0.267 e. The summed E-state index contributed by atoms with van der Waals surface area (Å²) in [6.45, 7) is 9.94. The summed E-state index contributed by atoms with van der Waals surface area (Å²) in [4.78, 5) is 24.7. The van der Waals surface area contributed by atoms with Gasteiger partial charge in [0.05, 0.1) is 5.69 Å². The molecule has 1 N–H and O–H groups in total. The number of carbonyl (C=O) groups excluding carboxylic acids is 1. The van der Waals surface area contributed by atoms with E-state index in [1.165, 1.54) is 16.3 Å². The Labute approximate surface area is 165 Å². The maximum absolute atomic E-state index is 12.5. The van der Waals surface area contributed by atoms with Crippen LogP contribution in [0.15, 0.2) is 47.3 Å². The first-order valence-corrected chi connectivity index (χ1v) is 9.28. The second-order valence-electron chi connectivity index (χ2n) is 7.33. The van der Waals surface area contributed by atoms with Crippen LogP contribution in [0.1, 0.15) is 27.8 Å². The number of hydrogen-bond acceptors (Lipinski definition) is 3. The van der Waals surface area contributed by atoms with Crippen LogP contribution in [0.4, 0.5) is 5.69 Å². The Morgan fingerprint density at radius 2 is 1.61 bits per heavy atom. The summed E-state index contributed by atoms with van der Waals surface area (Å²) in [6, 6.07) is 13.2. The monoisotopic (exact) mass is 375 g/mol. The molecule has 0 radical (unpaired) electrons. The van der Waals surface area contributed by atoms with Gasteiger partial charge in [-0.25, -0.2) is 4.68 Å². The molecule has 1 heterocycles.